The van der Waals surface area contributed by atoms with Gasteiger partial charge in [0.25, 0.3) is 0 Å². The van der Waals surface area contributed by atoms with Crippen molar-refractivity contribution < 1.29 is 13.9 Å². The topological polar surface area (TPSA) is 37.0 Å². The normalized spacial score (nSPS) is 14.0. The number of hydrogen-bond donors (Lipinski definition) is 1. The zero-order valence-corrected chi connectivity index (χ0v) is 19.3. The van der Waals surface area contributed by atoms with E-state index in [4.69, 9.17) is 21.7 Å². The van der Waals surface area contributed by atoms with Gasteiger partial charge in [-0.05, 0) is 54.7 Å². The third-order valence-corrected chi connectivity index (χ3v) is 5.84. The van der Waals surface area contributed by atoms with Gasteiger partial charge in [0.1, 0.15) is 17.3 Å². The van der Waals surface area contributed by atoms with Crippen molar-refractivity contribution in [3.63, 3.8) is 0 Å². The highest BCUT2D eigenvalue weighted by Gasteiger charge is 2.16. The Morgan fingerprint density at radius 1 is 0.939 bits per heavy atom. The van der Waals surface area contributed by atoms with Crippen LogP contribution in [-0.4, -0.2) is 54.3 Å². The van der Waals surface area contributed by atoms with Crippen molar-refractivity contribution in [3.8, 4) is 11.5 Å². The fourth-order valence-corrected chi connectivity index (χ4v) is 3.88. The third kappa shape index (κ3) is 6.99. The number of halogens is 1. The molecule has 1 saturated heterocycles. The van der Waals surface area contributed by atoms with E-state index in [9.17, 15) is 4.39 Å². The first-order valence-electron chi connectivity index (χ1n) is 11.1. The maximum atomic E-state index is 14.3. The number of para-hydroxylation sites is 1. The van der Waals surface area contributed by atoms with E-state index in [1.807, 2.05) is 65.6 Å². The van der Waals surface area contributed by atoms with E-state index in [0.717, 1.165) is 50.0 Å². The highest BCUT2D eigenvalue weighted by Crippen LogP contribution is 2.23. The number of nitrogens with zero attached hydrogens (tertiary/aromatic N) is 2. The molecule has 5 nitrogen and oxygen atoms in total. The molecule has 1 aliphatic rings. The van der Waals surface area contributed by atoms with Crippen LogP contribution in [0, 0.1) is 5.82 Å². The second kappa shape index (κ2) is 11.7. The van der Waals surface area contributed by atoms with Crippen LogP contribution in [0.1, 0.15) is 5.56 Å². The molecule has 7 heteroatoms. The minimum atomic E-state index is -0.223. The van der Waals surface area contributed by atoms with Crippen molar-refractivity contribution >= 4 is 23.0 Å². The molecule has 0 amide bonds. The van der Waals surface area contributed by atoms with Crippen LogP contribution in [-0.2, 0) is 11.3 Å². The van der Waals surface area contributed by atoms with E-state index < -0.39 is 0 Å². The molecule has 1 fully saturated rings. The zero-order chi connectivity index (χ0) is 22.9. The largest absolute Gasteiger partial charge is 0.457 e. The minimum absolute atomic E-state index is 0.223. The van der Waals surface area contributed by atoms with Crippen LogP contribution in [0.4, 0.5) is 10.1 Å². The molecule has 0 saturated carbocycles. The van der Waals surface area contributed by atoms with E-state index in [0.29, 0.717) is 23.8 Å². The monoisotopic (exact) mass is 465 g/mol. The molecular formula is C26H28FN3O2S. The number of nitrogens with one attached hydrogen (secondary N) is 1. The van der Waals surface area contributed by atoms with Gasteiger partial charge in [0.05, 0.1) is 13.2 Å². The van der Waals surface area contributed by atoms with Gasteiger partial charge in [0.15, 0.2) is 5.11 Å². The molecule has 0 atom stereocenters. The van der Waals surface area contributed by atoms with E-state index in [-0.39, 0.29) is 5.82 Å². The lowest BCUT2D eigenvalue weighted by molar-refractivity contribution is 0.0358. The molecule has 0 spiro atoms. The molecule has 1 N–H and O–H groups in total. The minimum Gasteiger partial charge on any atom is -0.457 e. The summed E-state index contributed by atoms with van der Waals surface area (Å²) in [6.07, 6.45) is 0. The molecule has 3 aromatic carbocycles. The average molecular weight is 466 g/mol. The van der Waals surface area contributed by atoms with Gasteiger partial charge in [-0.25, -0.2) is 4.39 Å². The Bertz CT molecular complexity index is 1030. The Labute approximate surface area is 199 Å². The van der Waals surface area contributed by atoms with E-state index in [1.54, 1.807) is 12.1 Å². The van der Waals surface area contributed by atoms with Gasteiger partial charge in [-0.3, -0.25) is 4.90 Å². The Kier molecular flexibility index (Phi) is 8.24. The van der Waals surface area contributed by atoms with Gasteiger partial charge < -0.3 is 19.7 Å². The molecule has 3 aromatic rings. The Morgan fingerprint density at radius 2 is 1.61 bits per heavy atom. The number of anilines is 1. The Balaban J connectivity index is 1.40. The van der Waals surface area contributed by atoms with Crippen molar-refractivity contribution in [1.29, 1.82) is 0 Å². The summed E-state index contributed by atoms with van der Waals surface area (Å²) in [4.78, 5) is 4.35. The number of rotatable bonds is 8. The van der Waals surface area contributed by atoms with Crippen LogP contribution < -0.4 is 10.1 Å². The van der Waals surface area contributed by atoms with Crippen LogP contribution in [0.5, 0.6) is 11.5 Å². The molecule has 4 rings (SSSR count). The van der Waals surface area contributed by atoms with Crippen LogP contribution in [0.15, 0.2) is 78.9 Å². The summed E-state index contributed by atoms with van der Waals surface area (Å²) < 4.78 is 25.6. The van der Waals surface area contributed by atoms with Gasteiger partial charge in [-0.1, -0.05) is 36.4 Å². The van der Waals surface area contributed by atoms with Crippen LogP contribution in [0.2, 0.25) is 0 Å². The Morgan fingerprint density at radius 3 is 2.33 bits per heavy atom. The standard InChI is InChI=1S/C26H28FN3O2S/c27-25-9-5-4-6-21(25)20-30(15-14-29-16-18-31-19-17-29)26(33)28-22-10-12-24(13-11-22)32-23-7-2-1-3-8-23/h1-13H,14-20H2,(H,28,33). The first-order chi connectivity index (χ1) is 16.2. The second-order valence-electron chi connectivity index (χ2n) is 7.84. The first kappa shape index (κ1) is 23.2. The fourth-order valence-electron chi connectivity index (χ4n) is 3.61. The third-order valence-electron chi connectivity index (χ3n) is 5.48. The van der Waals surface area contributed by atoms with Gasteiger partial charge in [0.2, 0.25) is 0 Å². The van der Waals surface area contributed by atoms with E-state index >= 15 is 0 Å². The number of hydrogen-bond acceptors (Lipinski definition) is 4. The molecule has 1 aliphatic heterocycles. The maximum Gasteiger partial charge on any atom is 0.173 e. The fraction of sp³-hybridized carbons (Fsp3) is 0.269. The van der Waals surface area contributed by atoms with Crippen molar-refractivity contribution in [2.45, 2.75) is 6.54 Å². The van der Waals surface area contributed by atoms with Crippen LogP contribution in [0.25, 0.3) is 0 Å². The second-order valence-corrected chi connectivity index (χ2v) is 8.22. The van der Waals surface area contributed by atoms with Crippen molar-refractivity contribution in [2.75, 3.05) is 44.7 Å². The Hall–Kier alpha value is -3.00. The maximum absolute atomic E-state index is 14.3. The summed E-state index contributed by atoms with van der Waals surface area (Å²) in [7, 11) is 0. The van der Waals surface area contributed by atoms with Crippen molar-refractivity contribution in [3.05, 3.63) is 90.2 Å². The number of ether oxygens (including phenoxy) is 2. The molecule has 172 valence electrons. The quantitative estimate of drug-likeness (QED) is 0.464. The highest BCUT2D eigenvalue weighted by atomic mass is 32.1. The number of morpholine rings is 1. The molecule has 1 heterocycles. The summed E-state index contributed by atoms with van der Waals surface area (Å²) in [6, 6.07) is 24.1. The van der Waals surface area contributed by atoms with Crippen molar-refractivity contribution in [1.82, 2.24) is 9.80 Å². The van der Waals surface area contributed by atoms with Crippen molar-refractivity contribution in [2.24, 2.45) is 0 Å². The molecule has 0 aromatic heterocycles. The van der Waals surface area contributed by atoms with Gasteiger partial charge in [0, 0.05) is 44.0 Å². The molecular weight excluding hydrogens is 437 g/mol. The van der Waals surface area contributed by atoms with Gasteiger partial charge in [-0.15, -0.1) is 0 Å². The van der Waals surface area contributed by atoms with Crippen LogP contribution in [0.3, 0.4) is 0 Å². The highest BCUT2D eigenvalue weighted by molar-refractivity contribution is 7.80. The molecule has 0 unspecified atom stereocenters. The molecule has 0 aliphatic carbocycles. The predicted molar refractivity (Wildman–Crippen MR) is 133 cm³/mol. The summed E-state index contributed by atoms with van der Waals surface area (Å²) >= 11 is 5.72. The summed E-state index contributed by atoms with van der Waals surface area (Å²) in [5.74, 6) is 1.31. The van der Waals surface area contributed by atoms with Crippen LogP contribution >= 0.6 is 12.2 Å². The SMILES string of the molecule is Fc1ccccc1CN(CCN1CCOCC1)C(=S)Nc1ccc(Oc2ccccc2)cc1. The number of thiocarbonyl (C=S) groups is 1. The summed E-state index contributed by atoms with van der Waals surface area (Å²) in [5.41, 5.74) is 1.47. The lowest BCUT2D eigenvalue weighted by Crippen LogP contribution is -2.44. The zero-order valence-electron chi connectivity index (χ0n) is 18.5. The average Bonchev–Trinajstić information content (AvgIpc) is 2.85. The van der Waals surface area contributed by atoms with E-state index in [1.165, 1.54) is 6.07 Å². The lowest BCUT2D eigenvalue weighted by atomic mass is 10.2. The van der Waals surface area contributed by atoms with Gasteiger partial charge in [-0.2, -0.15) is 0 Å². The first-order valence-corrected chi connectivity index (χ1v) is 11.5. The summed E-state index contributed by atoms with van der Waals surface area (Å²) in [6.45, 7) is 5.21. The smallest absolute Gasteiger partial charge is 0.173 e. The summed E-state index contributed by atoms with van der Waals surface area (Å²) in [5, 5.41) is 3.86. The van der Waals surface area contributed by atoms with E-state index in [2.05, 4.69) is 10.2 Å². The van der Waals surface area contributed by atoms with Gasteiger partial charge >= 0.3 is 0 Å². The predicted octanol–water partition coefficient (Wildman–Crippen LogP) is 5.15. The lowest BCUT2D eigenvalue weighted by Gasteiger charge is -2.31. The molecule has 0 radical (unpaired) electrons. The number of benzene rings is 3. The molecule has 0 bridgehead atoms. The molecule has 33 heavy (non-hydrogen) atoms.